The second-order valence-corrected chi connectivity index (χ2v) is 10.4. The highest BCUT2D eigenvalue weighted by Gasteiger charge is 2.32. The molecule has 1 N–H and O–H groups in total. The maximum Gasteiger partial charge on any atom is 0.266 e. The zero-order valence-corrected chi connectivity index (χ0v) is 22.0. The molecule has 2 heterocycles. The average Bonchev–Trinajstić information content (AvgIpc) is 3.45. The molecule has 0 aromatic heterocycles. The number of nitrogens with one attached hydrogen (secondary N) is 1. The van der Waals surface area contributed by atoms with Gasteiger partial charge in [-0.3, -0.25) is 14.5 Å². The number of thiocarbonyl (C=S) groups is 1. The quantitative estimate of drug-likeness (QED) is 0.293. The third-order valence-corrected chi connectivity index (χ3v) is 7.46. The molecular formula is C27H21ClN2O5S2. The molecule has 3 aromatic rings. The number of aryl methyl sites for hydroxylation is 1. The first-order chi connectivity index (χ1) is 17.9. The minimum atomic E-state index is -0.329. The van der Waals surface area contributed by atoms with Crippen molar-refractivity contribution in [3.05, 3.63) is 87.3 Å². The van der Waals surface area contributed by atoms with Gasteiger partial charge in [0.15, 0.2) is 18.1 Å². The molecule has 0 saturated carbocycles. The number of nitrogens with zero attached hydrogens (tertiary/aromatic N) is 1. The van der Waals surface area contributed by atoms with Crippen molar-refractivity contribution >= 4 is 63.5 Å². The number of anilines is 1. The molecule has 3 aromatic carbocycles. The Balaban J connectivity index is 1.25. The highest BCUT2D eigenvalue weighted by Crippen LogP contribution is 2.37. The van der Waals surface area contributed by atoms with Crippen LogP contribution in [0, 0.1) is 6.92 Å². The topological polar surface area (TPSA) is 77.1 Å². The van der Waals surface area contributed by atoms with Crippen LogP contribution in [0.2, 0.25) is 5.02 Å². The zero-order valence-electron chi connectivity index (χ0n) is 19.7. The standard InChI is InChI=1S/C27H21ClN2O5S2/c1-16-6-8-19(12-20(16)28)29-25(31)14-33-21-5-3-2-4-18(21)11-24-26(32)30(27(36)37-24)13-17-7-9-22-23(10-17)35-15-34-22/h2-12H,13-15H2,1H3,(H,29,31)/b24-11-. The molecule has 5 rings (SSSR count). The van der Waals surface area contributed by atoms with Crippen LogP contribution >= 0.6 is 35.6 Å². The van der Waals surface area contributed by atoms with E-state index in [4.69, 9.17) is 38.0 Å². The number of hydrogen-bond donors (Lipinski definition) is 1. The largest absolute Gasteiger partial charge is 0.483 e. The fourth-order valence-electron chi connectivity index (χ4n) is 3.74. The van der Waals surface area contributed by atoms with Gasteiger partial charge in [-0.2, -0.15) is 0 Å². The molecule has 2 amide bonds. The number of benzene rings is 3. The van der Waals surface area contributed by atoms with Crippen molar-refractivity contribution in [3.8, 4) is 17.2 Å². The molecule has 10 heteroatoms. The molecule has 2 aliphatic rings. The maximum absolute atomic E-state index is 13.2. The molecular weight excluding hydrogens is 532 g/mol. The van der Waals surface area contributed by atoms with Crippen LogP contribution < -0.4 is 19.5 Å². The fourth-order valence-corrected chi connectivity index (χ4v) is 5.17. The molecule has 188 valence electrons. The van der Waals surface area contributed by atoms with Crippen LogP contribution in [0.15, 0.2) is 65.6 Å². The number of para-hydroxylation sites is 1. The Morgan fingerprint density at radius 2 is 1.97 bits per heavy atom. The molecule has 0 spiro atoms. The minimum absolute atomic E-state index is 0.187. The maximum atomic E-state index is 13.2. The van der Waals surface area contributed by atoms with E-state index >= 15 is 0 Å². The van der Waals surface area contributed by atoms with E-state index < -0.39 is 0 Å². The number of ether oxygens (including phenoxy) is 3. The second-order valence-electron chi connectivity index (χ2n) is 8.29. The first-order valence-corrected chi connectivity index (χ1v) is 12.9. The summed E-state index contributed by atoms with van der Waals surface area (Å²) in [4.78, 5) is 27.6. The van der Waals surface area contributed by atoms with Crippen LogP contribution in [0.1, 0.15) is 16.7 Å². The van der Waals surface area contributed by atoms with Crippen molar-refractivity contribution in [2.24, 2.45) is 0 Å². The van der Waals surface area contributed by atoms with E-state index in [2.05, 4.69) is 5.32 Å². The Labute approximate surface area is 228 Å². The van der Waals surface area contributed by atoms with Crippen molar-refractivity contribution < 1.29 is 23.8 Å². The Bertz CT molecular complexity index is 1440. The molecule has 0 bridgehead atoms. The van der Waals surface area contributed by atoms with E-state index in [1.807, 2.05) is 43.3 Å². The summed E-state index contributed by atoms with van der Waals surface area (Å²) in [6.45, 7) is 2.19. The first kappa shape index (κ1) is 25.1. The van der Waals surface area contributed by atoms with E-state index in [1.54, 1.807) is 35.2 Å². The van der Waals surface area contributed by atoms with Crippen LogP contribution in [-0.2, 0) is 16.1 Å². The third kappa shape index (κ3) is 5.74. The van der Waals surface area contributed by atoms with Gasteiger partial charge in [0.25, 0.3) is 11.8 Å². The van der Waals surface area contributed by atoms with Gasteiger partial charge in [-0.05, 0) is 54.5 Å². The summed E-state index contributed by atoms with van der Waals surface area (Å²) in [7, 11) is 0. The second kappa shape index (κ2) is 10.8. The minimum Gasteiger partial charge on any atom is -0.483 e. The number of rotatable bonds is 7. The number of fused-ring (bicyclic) bond motifs is 1. The predicted octanol–water partition coefficient (Wildman–Crippen LogP) is 5.80. The van der Waals surface area contributed by atoms with Gasteiger partial charge in [-0.15, -0.1) is 0 Å². The predicted molar refractivity (Wildman–Crippen MR) is 148 cm³/mol. The molecule has 0 unspecified atom stereocenters. The monoisotopic (exact) mass is 552 g/mol. The summed E-state index contributed by atoms with van der Waals surface area (Å²) in [5.74, 6) is 1.28. The van der Waals surface area contributed by atoms with Crippen LogP contribution in [0.5, 0.6) is 17.2 Å². The zero-order chi connectivity index (χ0) is 25.9. The number of amides is 2. The van der Waals surface area contributed by atoms with Crippen LogP contribution in [0.4, 0.5) is 5.69 Å². The van der Waals surface area contributed by atoms with Crippen LogP contribution in [0.3, 0.4) is 0 Å². The van der Waals surface area contributed by atoms with Crippen LogP contribution in [0.25, 0.3) is 6.08 Å². The molecule has 0 radical (unpaired) electrons. The lowest BCUT2D eigenvalue weighted by atomic mass is 10.1. The van der Waals surface area contributed by atoms with E-state index in [9.17, 15) is 9.59 Å². The normalized spacial score (nSPS) is 15.4. The Morgan fingerprint density at radius 1 is 1.16 bits per heavy atom. The van der Waals surface area contributed by atoms with E-state index in [-0.39, 0.29) is 25.2 Å². The molecule has 2 aliphatic heterocycles. The molecule has 7 nitrogen and oxygen atoms in total. The summed E-state index contributed by atoms with van der Waals surface area (Å²) >= 11 is 12.8. The van der Waals surface area contributed by atoms with Gasteiger partial charge in [0.05, 0.1) is 11.4 Å². The van der Waals surface area contributed by atoms with Crippen molar-refractivity contribution in [3.63, 3.8) is 0 Å². The lowest BCUT2D eigenvalue weighted by molar-refractivity contribution is -0.122. The number of halogens is 1. The van der Waals surface area contributed by atoms with Gasteiger partial charge in [0, 0.05) is 16.3 Å². The number of carbonyl (C=O) groups excluding carboxylic acids is 2. The molecule has 37 heavy (non-hydrogen) atoms. The molecule has 1 fully saturated rings. The SMILES string of the molecule is Cc1ccc(NC(=O)COc2ccccc2/C=C2\SC(=S)N(Cc3ccc4c(c3)OCO4)C2=O)cc1Cl. The van der Waals surface area contributed by atoms with Gasteiger partial charge in [-0.25, -0.2) is 0 Å². The Kier molecular flexibility index (Phi) is 7.36. The highest BCUT2D eigenvalue weighted by atomic mass is 35.5. The first-order valence-electron chi connectivity index (χ1n) is 11.3. The molecule has 0 atom stereocenters. The lowest BCUT2D eigenvalue weighted by Crippen LogP contribution is -2.27. The van der Waals surface area contributed by atoms with E-state index in [0.717, 1.165) is 11.1 Å². The van der Waals surface area contributed by atoms with Crippen LogP contribution in [-0.4, -0.2) is 34.4 Å². The summed E-state index contributed by atoms with van der Waals surface area (Å²) in [5.41, 5.74) is 3.05. The molecule has 1 saturated heterocycles. The number of carbonyl (C=O) groups is 2. The van der Waals surface area contributed by atoms with Gasteiger partial charge in [-0.1, -0.05) is 65.9 Å². The smallest absolute Gasteiger partial charge is 0.266 e. The number of hydrogen-bond acceptors (Lipinski definition) is 7. The van der Waals surface area contributed by atoms with E-state index in [0.29, 0.717) is 49.3 Å². The highest BCUT2D eigenvalue weighted by molar-refractivity contribution is 8.26. The summed E-state index contributed by atoms with van der Waals surface area (Å²) < 4.78 is 17.0. The number of thioether (sulfide) groups is 1. The average molecular weight is 553 g/mol. The Morgan fingerprint density at radius 3 is 2.81 bits per heavy atom. The van der Waals surface area contributed by atoms with Gasteiger partial charge in [0.2, 0.25) is 6.79 Å². The summed E-state index contributed by atoms with van der Waals surface area (Å²) in [5, 5.41) is 3.34. The van der Waals surface area contributed by atoms with E-state index in [1.165, 1.54) is 11.8 Å². The van der Waals surface area contributed by atoms with Gasteiger partial charge >= 0.3 is 0 Å². The van der Waals surface area contributed by atoms with Gasteiger partial charge in [0.1, 0.15) is 10.1 Å². The Hall–Kier alpha value is -3.53. The summed E-state index contributed by atoms with van der Waals surface area (Å²) in [6, 6.07) is 18.0. The third-order valence-electron chi connectivity index (χ3n) is 5.67. The van der Waals surface area contributed by atoms with Crippen molar-refractivity contribution in [1.29, 1.82) is 0 Å². The van der Waals surface area contributed by atoms with Crippen molar-refractivity contribution in [1.82, 2.24) is 4.90 Å². The van der Waals surface area contributed by atoms with Crippen molar-refractivity contribution in [2.75, 3.05) is 18.7 Å². The van der Waals surface area contributed by atoms with Crippen molar-refractivity contribution in [2.45, 2.75) is 13.5 Å². The van der Waals surface area contributed by atoms with Gasteiger partial charge < -0.3 is 19.5 Å². The molecule has 0 aliphatic carbocycles. The lowest BCUT2D eigenvalue weighted by Gasteiger charge is -2.14. The summed E-state index contributed by atoms with van der Waals surface area (Å²) in [6.07, 6.45) is 1.73. The fraction of sp³-hybridized carbons (Fsp3) is 0.148.